The Bertz CT molecular complexity index is 1130. The number of rotatable bonds is 4. The van der Waals surface area contributed by atoms with Crippen molar-refractivity contribution in [1.29, 1.82) is 0 Å². The molecule has 2 N–H and O–H groups in total. The van der Waals surface area contributed by atoms with Crippen molar-refractivity contribution in [3.05, 3.63) is 101 Å². The van der Waals surface area contributed by atoms with Crippen LogP contribution < -0.4 is 4.90 Å². The Balaban J connectivity index is 1.93. The summed E-state index contributed by atoms with van der Waals surface area (Å²) >= 11 is 0. The van der Waals surface area contributed by atoms with E-state index in [1.807, 2.05) is 25.1 Å². The topological polar surface area (TPSA) is 77.8 Å². The fraction of sp³-hybridized carbons (Fsp3) is 0.120. The second kappa shape index (κ2) is 7.87. The Hall–Kier alpha value is -3.86. The van der Waals surface area contributed by atoms with Gasteiger partial charge in [0.2, 0.25) is 0 Å². The summed E-state index contributed by atoms with van der Waals surface area (Å²) < 4.78 is 0. The average molecular weight is 399 g/mol. The van der Waals surface area contributed by atoms with Gasteiger partial charge in [-0.15, -0.1) is 0 Å². The van der Waals surface area contributed by atoms with Gasteiger partial charge in [-0.25, -0.2) is 0 Å². The Morgan fingerprint density at radius 1 is 0.933 bits per heavy atom. The van der Waals surface area contributed by atoms with Gasteiger partial charge in [0.15, 0.2) is 0 Å². The molecule has 5 nitrogen and oxygen atoms in total. The molecule has 0 spiro atoms. The highest BCUT2D eigenvalue weighted by molar-refractivity contribution is 6.51. The molecule has 1 unspecified atom stereocenters. The molecule has 1 heterocycles. The van der Waals surface area contributed by atoms with Gasteiger partial charge in [-0.05, 0) is 41.8 Å². The molecular formula is C25H21NO4. The van der Waals surface area contributed by atoms with Crippen LogP contribution in [0.1, 0.15) is 29.7 Å². The maximum absolute atomic E-state index is 13.0. The van der Waals surface area contributed by atoms with Gasteiger partial charge in [0.1, 0.15) is 11.5 Å². The van der Waals surface area contributed by atoms with E-state index in [1.54, 1.807) is 48.5 Å². The first kappa shape index (κ1) is 19.5. The molecule has 1 atom stereocenters. The SMILES string of the molecule is CCc1ccc(/C(O)=C2/C(=O)C(=O)N(c3ccccc3)C2c2cccc(O)c2)cc1. The zero-order valence-electron chi connectivity index (χ0n) is 16.4. The number of hydrogen-bond donors (Lipinski definition) is 2. The highest BCUT2D eigenvalue weighted by atomic mass is 16.3. The molecule has 0 radical (unpaired) electrons. The van der Waals surface area contributed by atoms with Crippen LogP contribution in [0.4, 0.5) is 5.69 Å². The lowest BCUT2D eigenvalue weighted by Crippen LogP contribution is -2.29. The number of aryl methyl sites for hydroxylation is 1. The summed E-state index contributed by atoms with van der Waals surface area (Å²) in [6, 6.07) is 21.6. The monoisotopic (exact) mass is 399 g/mol. The Labute approximate surface area is 174 Å². The van der Waals surface area contributed by atoms with Gasteiger partial charge in [0, 0.05) is 11.3 Å². The van der Waals surface area contributed by atoms with Crippen LogP contribution in [-0.4, -0.2) is 21.9 Å². The van der Waals surface area contributed by atoms with E-state index in [0.29, 0.717) is 16.8 Å². The van der Waals surface area contributed by atoms with Gasteiger partial charge in [-0.3, -0.25) is 14.5 Å². The molecule has 3 aromatic carbocycles. The number of aromatic hydroxyl groups is 1. The molecule has 1 saturated heterocycles. The van der Waals surface area contributed by atoms with Crippen LogP contribution in [0.25, 0.3) is 5.76 Å². The van der Waals surface area contributed by atoms with E-state index in [1.165, 1.54) is 17.0 Å². The zero-order chi connectivity index (χ0) is 21.3. The Morgan fingerprint density at radius 2 is 1.63 bits per heavy atom. The average Bonchev–Trinajstić information content (AvgIpc) is 3.04. The standard InChI is InChI=1S/C25H21NO4/c1-2-16-11-13-17(14-12-16)23(28)21-22(18-7-6-10-20(27)15-18)26(25(30)24(21)29)19-8-4-3-5-9-19/h3-15,22,27-28H,2H2,1H3/b23-21-. The summed E-state index contributed by atoms with van der Waals surface area (Å²) in [5, 5.41) is 21.0. The highest BCUT2D eigenvalue weighted by Crippen LogP contribution is 2.42. The normalized spacial score (nSPS) is 18.0. The van der Waals surface area contributed by atoms with Crippen LogP contribution in [-0.2, 0) is 16.0 Å². The predicted molar refractivity (Wildman–Crippen MR) is 115 cm³/mol. The summed E-state index contributed by atoms with van der Waals surface area (Å²) in [5.74, 6) is -1.70. The number of anilines is 1. The van der Waals surface area contributed by atoms with Crippen molar-refractivity contribution in [2.75, 3.05) is 4.90 Å². The molecule has 3 aromatic rings. The largest absolute Gasteiger partial charge is 0.508 e. The molecule has 1 fully saturated rings. The van der Waals surface area contributed by atoms with Gasteiger partial charge < -0.3 is 10.2 Å². The first-order valence-corrected chi connectivity index (χ1v) is 9.75. The molecule has 1 aliphatic rings. The van der Waals surface area contributed by atoms with Crippen molar-refractivity contribution in [2.24, 2.45) is 0 Å². The smallest absolute Gasteiger partial charge is 0.300 e. The van der Waals surface area contributed by atoms with Crippen LogP contribution in [0.3, 0.4) is 0 Å². The van der Waals surface area contributed by atoms with Gasteiger partial charge in [0.25, 0.3) is 11.7 Å². The summed E-state index contributed by atoms with van der Waals surface area (Å²) in [7, 11) is 0. The van der Waals surface area contributed by atoms with Crippen molar-refractivity contribution >= 4 is 23.1 Å². The number of carbonyl (C=O) groups excluding carboxylic acids is 2. The number of para-hydroxylation sites is 1. The molecular weight excluding hydrogens is 378 g/mol. The Kier molecular flexibility index (Phi) is 5.11. The minimum absolute atomic E-state index is 0.00120. The third kappa shape index (κ3) is 3.35. The zero-order valence-corrected chi connectivity index (χ0v) is 16.4. The van der Waals surface area contributed by atoms with E-state index < -0.39 is 17.7 Å². The number of hydrogen-bond acceptors (Lipinski definition) is 4. The van der Waals surface area contributed by atoms with E-state index in [0.717, 1.165) is 12.0 Å². The first-order chi connectivity index (χ1) is 14.5. The Morgan fingerprint density at radius 3 is 2.27 bits per heavy atom. The number of aliphatic hydroxyl groups is 1. The molecule has 1 amide bonds. The number of nitrogens with zero attached hydrogens (tertiary/aromatic N) is 1. The summed E-state index contributed by atoms with van der Waals surface area (Å²) in [4.78, 5) is 27.4. The maximum atomic E-state index is 13.0. The molecule has 0 saturated carbocycles. The van der Waals surface area contributed by atoms with Crippen LogP contribution in [0.2, 0.25) is 0 Å². The number of amides is 1. The van der Waals surface area contributed by atoms with Crippen LogP contribution in [0.5, 0.6) is 5.75 Å². The van der Waals surface area contributed by atoms with Gasteiger partial charge in [-0.1, -0.05) is 61.5 Å². The van der Waals surface area contributed by atoms with Crippen molar-refractivity contribution in [1.82, 2.24) is 0 Å². The second-order valence-corrected chi connectivity index (χ2v) is 7.15. The fourth-order valence-electron chi connectivity index (χ4n) is 3.75. The van der Waals surface area contributed by atoms with E-state index in [9.17, 15) is 19.8 Å². The van der Waals surface area contributed by atoms with E-state index >= 15 is 0 Å². The number of benzene rings is 3. The summed E-state index contributed by atoms with van der Waals surface area (Å²) in [6.45, 7) is 2.03. The van der Waals surface area contributed by atoms with Gasteiger partial charge in [0.05, 0.1) is 11.6 Å². The molecule has 0 aliphatic carbocycles. The molecule has 0 aromatic heterocycles. The lowest BCUT2D eigenvalue weighted by Gasteiger charge is -2.25. The molecule has 5 heteroatoms. The molecule has 150 valence electrons. The predicted octanol–water partition coefficient (Wildman–Crippen LogP) is 4.58. The number of Topliss-reactive ketones (excluding diaryl/α,β-unsaturated/α-hetero) is 1. The molecule has 30 heavy (non-hydrogen) atoms. The number of aliphatic hydroxyl groups excluding tert-OH is 1. The quantitative estimate of drug-likeness (QED) is 0.382. The van der Waals surface area contributed by atoms with E-state index in [2.05, 4.69) is 0 Å². The van der Waals surface area contributed by atoms with Crippen LogP contribution >= 0.6 is 0 Å². The van der Waals surface area contributed by atoms with Crippen molar-refractivity contribution in [3.8, 4) is 5.75 Å². The summed E-state index contributed by atoms with van der Waals surface area (Å²) in [5.41, 5.74) is 2.63. The first-order valence-electron chi connectivity index (χ1n) is 9.75. The lowest BCUT2D eigenvalue weighted by molar-refractivity contribution is -0.132. The second-order valence-electron chi connectivity index (χ2n) is 7.15. The number of carbonyl (C=O) groups is 2. The van der Waals surface area contributed by atoms with Crippen molar-refractivity contribution < 1.29 is 19.8 Å². The molecule has 1 aliphatic heterocycles. The van der Waals surface area contributed by atoms with Gasteiger partial charge in [-0.2, -0.15) is 0 Å². The number of phenolic OH excluding ortho intramolecular Hbond substituents is 1. The van der Waals surface area contributed by atoms with E-state index in [-0.39, 0.29) is 17.1 Å². The molecule has 0 bridgehead atoms. The third-order valence-electron chi connectivity index (χ3n) is 5.30. The number of phenols is 1. The lowest BCUT2D eigenvalue weighted by atomic mass is 9.94. The van der Waals surface area contributed by atoms with Gasteiger partial charge >= 0.3 is 0 Å². The van der Waals surface area contributed by atoms with Crippen LogP contribution in [0, 0.1) is 0 Å². The van der Waals surface area contributed by atoms with E-state index in [4.69, 9.17) is 0 Å². The molecule has 4 rings (SSSR count). The third-order valence-corrected chi connectivity index (χ3v) is 5.30. The van der Waals surface area contributed by atoms with Crippen molar-refractivity contribution in [3.63, 3.8) is 0 Å². The van der Waals surface area contributed by atoms with Crippen LogP contribution in [0.15, 0.2) is 84.4 Å². The minimum atomic E-state index is -0.856. The highest BCUT2D eigenvalue weighted by Gasteiger charge is 2.47. The minimum Gasteiger partial charge on any atom is -0.508 e. The number of ketones is 1. The fourth-order valence-corrected chi connectivity index (χ4v) is 3.75. The maximum Gasteiger partial charge on any atom is 0.300 e. The van der Waals surface area contributed by atoms with Crippen molar-refractivity contribution in [2.45, 2.75) is 19.4 Å². The summed E-state index contributed by atoms with van der Waals surface area (Å²) in [6.07, 6.45) is 0.850.